The predicted molar refractivity (Wildman–Crippen MR) is 80.4 cm³/mol. The van der Waals surface area contributed by atoms with Crippen molar-refractivity contribution in [3.8, 4) is 0 Å². The number of benzene rings is 1. The molecule has 5 nitrogen and oxygen atoms in total. The van der Waals surface area contributed by atoms with Gasteiger partial charge in [0, 0.05) is 25.0 Å². The zero-order chi connectivity index (χ0) is 18.6. The van der Waals surface area contributed by atoms with Crippen LogP contribution in [0, 0.1) is 5.82 Å². The van der Waals surface area contributed by atoms with Gasteiger partial charge in [0.2, 0.25) is 0 Å². The molecular weight excluding hydrogens is 344 g/mol. The van der Waals surface area contributed by atoms with E-state index in [4.69, 9.17) is 5.11 Å². The summed E-state index contributed by atoms with van der Waals surface area (Å²) in [5, 5.41) is 10.7. The second-order valence-corrected chi connectivity index (χ2v) is 5.97. The van der Waals surface area contributed by atoms with Gasteiger partial charge < -0.3 is 15.3 Å². The standard InChI is InChI=1S/C16H18F4N2O3/c17-11-3-1-10(2-4-11)12-5-7-22(8-6-14(23)24)9-13(12)21-15(25)16(18,19)20/h1-4,12-13H,5-9H2,(H,21,25)(H,23,24). The average Bonchev–Trinajstić information content (AvgIpc) is 2.53. The van der Waals surface area contributed by atoms with E-state index in [2.05, 4.69) is 0 Å². The SMILES string of the molecule is O=C(O)CCN1CCC(c2ccc(F)cc2)C(NC(=O)C(F)(F)F)C1. The molecule has 0 bridgehead atoms. The van der Waals surface area contributed by atoms with Gasteiger partial charge in [0.05, 0.1) is 6.42 Å². The number of likely N-dealkylation sites (tertiary alicyclic amines) is 1. The maximum atomic E-state index is 13.1. The van der Waals surface area contributed by atoms with Crippen molar-refractivity contribution >= 4 is 11.9 Å². The fraction of sp³-hybridized carbons (Fsp3) is 0.500. The lowest BCUT2D eigenvalue weighted by molar-refractivity contribution is -0.174. The van der Waals surface area contributed by atoms with Crippen LogP contribution in [0.5, 0.6) is 0 Å². The molecule has 1 saturated heterocycles. The number of piperidine rings is 1. The Labute approximate surface area is 141 Å². The minimum Gasteiger partial charge on any atom is -0.481 e. The Morgan fingerprint density at radius 1 is 1.24 bits per heavy atom. The lowest BCUT2D eigenvalue weighted by Crippen LogP contribution is -2.54. The summed E-state index contributed by atoms with van der Waals surface area (Å²) >= 11 is 0. The van der Waals surface area contributed by atoms with Crippen molar-refractivity contribution in [2.24, 2.45) is 0 Å². The first kappa shape index (κ1) is 19.2. The van der Waals surface area contributed by atoms with E-state index in [0.717, 1.165) is 0 Å². The van der Waals surface area contributed by atoms with E-state index in [9.17, 15) is 27.2 Å². The molecule has 1 aliphatic heterocycles. The van der Waals surface area contributed by atoms with Gasteiger partial charge in [-0.2, -0.15) is 13.2 Å². The van der Waals surface area contributed by atoms with Gasteiger partial charge in [-0.3, -0.25) is 9.59 Å². The molecule has 2 unspecified atom stereocenters. The fourth-order valence-corrected chi connectivity index (χ4v) is 2.98. The van der Waals surface area contributed by atoms with Crippen LogP contribution in [0.4, 0.5) is 17.6 Å². The minimum atomic E-state index is -5.00. The summed E-state index contributed by atoms with van der Waals surface area (Å²) in [4.78, 5) is 23.7. The number of aliphatic carboxylic acids is 1. The number of carbonyl (C=O) groups excluding carboxylic acids is 1. The van der Waals surface area contributed by atoms with E-state index >= 15 is 0 Å². The van der Waals surface area contributed by atoms with Crippen molar-refractivity contribution in [3.63, 3.8) is 0 Å². The number of alkyl halides is 3. The highest BCUT2D eigenvalue weighted by molar-refractivity contribution is 5.82. The third-order valence-corrected chi connectivity index (χ3v) is 4.21. The topological polar surface area (TPSA) is 69.6 Å². The Balaban J connectivity index is 2.14. The Morgan fingerprint density at radius 3 is 2.44 bits per heavy atom. The molecular formula is C16H18F4N2O3. The lowest BCUT2D eigenvalue weighted by atomic mass is 9.85. The zero-order valence-corrected chi connectivity index (χ0v) is 13.2. The minimum absolute atomic E-state index is 0.0944. The third kappa shape index (κ3) is 5.42. The number of carbonyl (C=O) groups is 2. The highest BCUT2D eigenvalue weighted by Crippen LogP contribution is 2.29. The second kappa shape index (κ2) is 7.81. The number of nitrogens with zero attached hydrogens (tertiary/aromatic N) is 1. The Hall–Kier alpha value is -2.16. The van der Waals surface area contributed by atoms with Gasteiger partial charge in [0.1, 0.15) is 5.82 Å². The number of hydrogen-bond acceptors (Lipinski definition) is 3. The van der Waals surface area contributed by atoms with Crippen LogP contribution < -0.4 is 5.32 Å². The van der Waals surface area contributed by atoms with Crippen LogP contribution in [-0.2, 0) is 9.59 Å². The van der Waals surface area contributed by atoms with Gasteiger partial charge >= 0.3 is 18.1 Å². The molecule has 1 aromatic carbocycles. The zero-order valence-electron chi connectivity index (χ0n) is 13.2. The summed E-state index contributed by atoms with van der Waals surface area (Å²) in [6.45, 7) is 0.759. The molecule has 2 rings (SSSR count). The number of amides is 1. The van der Waals surface area contributed by atoms with Crippen LogP contribution in [-0.4, -0.2) is 53.7 Å². The molecule has 1 fully saturated rings. The van der Waals surface area contributed by atoms with Crippen LogP contribution >= 0.6 is 0 Å². The van der Waals surface area contributed by atoms with Crippen molar-refractivity contribution in [3.05, 3.63) is 35.6 Å². The summed E-state index contributed by atoms with van der Waals surface area (Å²) in [6.07, 6.45) is -4.72. The molecule has 0 saturated carbocycles. The molecule has 0 aromatic heterocycles. The van der Waals surface area contributed by atoms with Crippen LogP contribution in [0.2, 0.25) is 0 Å². The fourth-order valence-electron chi connectivity index (χ4n) is 2.98. The number of nitrogens with one attached hydrogen (secondary N) is 1. The van der Waals surface area contributed by atoms with E-state index in [0.29, 0.717) is 18.5 Å². The number of carboxylic acid groups (broad SMARTS) is 1. The maximum absolute atomic E-state index is 13.1. The first-order chi connectivity index (χ1) is 11.7. The molecule has 1 aliphatic rings. The van der Waals surface area contributed by atoms with Crippen molar-refractivity contribution < 1.29 is 32.3 Å². The van der Waals surface area contributed by atoms with Crippen molar-refractivity contribution in [1.29, 1.82) is 0 Å². The molecule has 9 heteroatoms. The predicted octanol–water partition coefficient (Wildman–Crippen LogP) is 2.14. The first-order valence-corrected chi connectivity index (χ1v) is 7.74. The number of halogens is 4. The summed E-state index contributed by atoms with van der Waals surface area (Å²) in [7, 11) is 0. The quantitative estimate of drug-likeness (QED) is 0.788. The maximum Gasteiger partial charge on any atom is 0.471 e. The van der Waals surface area contributed by atoms with E-state index in [1.165, 1.54) is 24.3 Å². The number of rotatable bonds is 5. The highest BCUT2D eigenvalue weighted by Gasteiger charge is 2.42. The van der Waals surface area contributed by atoms with Crippen LogP contribution in [0.3, 0.4) is 0 Å². The second-order valence-electron chi connectivity index (χ2n) is 5.97. The molecule has 25 heavy (non-hydrogen) atoms. The summed E-state index contributed by atoms with van der Waals surface area (Å²) in [6, 6.07) is 4.56. The van der Waals surface area contributed by atoms with E-state index in [1.54, 1.807) is 4.90 Å². The molecule has 2 atom stereocenters. The highest BCUT2D eigenvalue weighted by atomic mass is 19.4. The molecule has 1 amide bonds. The van der Waals surface area contributed by atoms with Gasteiger partial charge in [-0.05, 0) is 30.7 Å². The Kier molecular flexibility index (Phi) is 5.99. The Bertz CT molecular complexity index is 619. The molecule has 1 aromatic rings. The monoisotopic (exact) mass is 362 g/mol. The molecule has 0 radical (unpaired) electrons. The number of hydrogen-bond donors (Lipinski definition) is 2. The normalized spacial score (nSPS) is 21.8. The molecule has 0 aliphatic carbocycles. The van der Waals surface area contributed by atoms with Crippen LogP contribution in [0.1, 0.15) is 24.3 Å². The number of carboxylic acids is 1. The van der Waals surface area contributed by atoms with Gasteiger partial charge in [0.15, 0.2) is 0 Å². The van der Waals surface area contributed by atoms with Gasteiger partial charge in [-0.1, -0.05) is 12.1 Å². The van der Waals surface area contributed by atoms with Gasteiger partial charge in [0.25, 0.3) is 0 Å². The van der Waals surface area contributed by atoms with Gasteiger partial charge in [-0.15, -0.1) is 0 Å². The van der Waals surface area contributed by atoms with Crippen LogP contribution in [0.25, 0.3) is 0 Å². The largest absolute Gasteiger partial charge is 0.481 e. The summed E-state index contributed by atoms with van der Waals surface area (Å²) < 4.78 is 50.8. The Morgan fingerprint density at radius 2 is 1.88 bits per heavy atom. The first-order valence-electron chi connectivity index (χ1n) is 7.74. The average molecular weight is 362 g/mol. The molecule has 2 N–H and O–H groups in total. The lowest BCUT2D eigenvalue weighted by Gasteiger charge is -2.39. The summed E-state index contributed by atoms with van der Waals surface area (Å²) in [5.41, 5.74) is 0.631. The van der Waals surface area contributed by atoms with Crippen molar-refractivity contribution in [2.75, 3.05) is 19.6 Å². The van der Waals surface area contributed by atoms with E-state index in [1.807, 2.05) is 5.32 Å². The molecule has 138 valence electrons. The molecule has 0 spiro atoms. The molecule has 1 heterocycles. The van der Waals surface area contributed by atoms with Crippen LogP contribution in [0.15, 0.2) is 24.3 Å². The smallest absolute Gasteiger partial charge is 0.471 e. The van der Waals surface area contributed by atoms with E-state index in [-0.39, 0.29) is 19.5 Å². The van der Waals surface area contributed by atoms with Crippen molar-refractivity contribution in [2.45, 2.75) is 31.0 Å². The van der Waals surface area contributed by atoms with Gasteiger partial charge in [-0.25, -0.2) is 4.39 Å². The summed E-state index contributed by atoms with van der Waals surface area (Å²) in [5.74, 6) is -3.91. The van der Waals surface area contributed by atoms with E-state index < -0.39 is 35.8 Å². The van der Waals surface area contributed by atoms with Crippen molar-refractivity contribution in [1.82, 2.24) is 10.2 Å². The third-order valence-electron chi connectivity index (χ3n) is 4.21.